The van der Waals surface area contributed by atoms with Crippen LogP contribution in [-0.4, -0.2) is 13.2 Å². The molecule has 1 aromatic carbocycles. The standard InChI is InChI=1S/C13H17NO/c1-4-10-15-13-8-6-12(7-9-13)11(3)14-5-2/h1,6-9,11,14H,5,10H2,2-3H3. The molecule has 15 heavy (non-hydrogen) atoms. The van der Waals surface area contributed by atoms with Gasteiger partial charge in [0, 0.05) is 6.04 Å². The summed E-state index contributed by atoms with van der Waals surface area (Å²) in [5.41, 5.74) is 1.25. The van der Waals surface area contributed by atoms with Crippen molar-refractivity contribution in [2.24, 2.45) is 0 Å². The van der Waals surface area contributed by atoms with Gasteiger partial charge < -0.3 is 10.1 Å². The van der Waals surface area contributed by atoms with Crippen molar-refractivity contribution >= 4 is 0 Å². The SMILES string of the molecule is C#CCOc1ccc(C(C)NCC)cc1. The predicted octanol–water partition coefficient (Wildman–Crippen LogP) is 2.37. The Hall–Kier alpha value is -1.46. The van der Waals surface area contributed by atoms with E-state index in [0.29, 0.717) is 12.6 Å². The quantitative estimate of drug-likeness (QED) is 0.742. The lowest BCUT2D eigenvalue weighted by Crippen LogP contribution is -2.17. The summed E-state index contributed by atoms with van der Waals surface area (Å²) < 4.78 is 5.29. The average Bonchev–Trinajstić information content (AvgIpc) is 2.27. The maximum atomic E-state index is 5.29. The molecule has 2 nitrogen and oxygen atoms in total. The molecule has 0 bridgehead atoms. The van der Waals surface area contributed by atoms with Crippen LogP contribution in [0.4, 0.5) is 0 Å². The van der Waals surface area contributed by atoms with Crippen molar-refractivity contribution in [1.82, 2.24) is 5.32 Å². The van der Waals surface area contributed by atoms with Crippen LogP contribution in [-0.2, 0) is 0 Å². The summed E-state index contributed by atoms with van der Waals surface area (Å²) >= 11 is 0. The molecule has 80 valence electrons. The van der Waals surface area contributed by atoms with Crippen molar-refractivity contribution in [2.45, 2.75) is 19.9 Å². The molecule has 0 aliphatic heterocycles. The van der Waals surface area contributed by atoms with Crippen LogP contribution in [0.15, 0.2) is 24.3 Å². The van der Waals surface area contributed by atoms with Gasteiger partial charge in [-0.2, -0.15) is 0 Å². The van der Waals surface area contributed by atoms with E-state index >= 15 is 0 Å². The van der Waals surface area contributed by atoms with Crippen molar-refractivity contribution in [3.63, 3.8) is 0 Å². The third-order valence-electron chi connectivity index (χ3n) is 2.21. The second-order valence-corrected chi connectivity index (χ2v) is 3.34. The van der Waals surface area contributed by atoms with E-state index in [1.54, 1.807) is 0 Å². The van der Waals surface area contributed by atoms with Gasteiger partial charge in [-0.15, -0.1) is 6.42 Å². The van der Waals surface area contributed by atoms with Gasteiger partial charge in [0.15, 0.2) is 0 Å². The molecule has 0 aliphatic carbocycles. The fourth-order valence-electron chi connectivity index (χ4n) is 1.40. The molecule has 0 saturated carbocycles. The molecule has 0 spiro atoms. The highest BCUT2D eigenvalue weighted by atomic mass is 16.5. The van der Waals surface area contributed by atoms with E-state index in [0.717, 1.165) is 12.3 Å². The van der Waals surface area contributed by atoms with Gasteiger partial charge in [0.1, 0.15) is 12.4 Å². The smallest absolute Gasteiger partial charge is 0.148 e. The van der Waals surface area contributed by atoms with E-state index in [1.807, 2.05) is 12.1 Å². The number of nitrogens with one attached hydrogen (secondary N) is 1. The number of rotatable bonds is 5. The summed E-state index contributed by atoms with van der Waals surface area (Å²) in [6, 6.07) is 8.37. The van der Waals surface area contributed by atoms with Gasteiger partial charge >= 0.3 is 0 Å². The monoisotopic (exact) mass is 203 g/mol. The summed E-state index contributed by atoms with van der Waals surface area (Å²) in [7, 11) is 0. The third kappa shape index (κ3) is 3.65. The molecule has 1 aromatic rings. The van der Waals surface area contributed by atoms with Crippen molar-refractivity contribution < 1.29 is 4.74 Å². The van der Waals surface area contributed by atoms with Crippen LogP contribution in [0.1, 0.15) is 25.5 Å². The summed E-state index contributed by atoms with van der Waals surface area (Å²) in [5, 5.41) is 3.35. The second kappa shape index (κ2) is 6.10. The van der Waals surface area contributed by atoms with Gasteiger partial charge in [-0.05, 0) is 31.2 Å². The summed E-state index contributed by atoms with van der Waals surface area (Å²) in [5.74, 6) is 3.26. The fraction of sp³-hybridized carbons (Fsp3) is 0.385. The minimum atomic E-state index is 0.322. The molecule has 1 unspecified atom stereocenters. The van der Waals surface area contributed by atoms with Gasteiger partial charge in [0.2, 0.25) is 0 Å². The Morgan fingerprint density at radius 2 is 2.07 bits per heavy atom. The molecule has 0 heterocycles. The van der Waals surface area contributed by atoms with Crippen molar-refractivity contribution in [1.29, 1.82) is 0 Å². The van der Waals surface area contributed by atoms with Crippen LogP contribution in [0.2, 0.25) is 0 Å². The first-order valence-electron chi connectivity index (χ1n) is 5.17. The van der Waals surface area contributed by atoms with Crippen LogP contribution < -0.4 is 10.1 Å². The highest BCUT2D eigenvalue weighted by Gasteiger charge is 2.02. The summed E-state index contributed by atoms with van der Waals surface area (Å²) in [6.45, 7) is 5.53. The minimum absolute atomic E-state index is 0.322. The lowest BCUT2D eigenvalue weighted by atomic mass is 10.1. The van der Waals surface area contributed by atoms with E-state index in [4.69, 9.17) is 11.2 Å². The van der Waals surface area contributed by atoms with E-state index < -0.39 is 0 Å². The van der Waals surface area contributed by atoms with Crippen LogP contribution in [0.25, 0.3) is 0 Å². The first kappa shape index (κ1) is 11.6. The van der Waals surface area contributed by atoms with Crippen LogP contribution in [0, 0.1) is 12.3 Å². The Labute approximate surface area is 91.6 Å². The highest BCUT2D eigenvalue weighted by molar-refractivity contribution is 5.29. The zero-order chi connectivity index (χ0) is 11.1. The molecule has 0 aromatic heterocycles. The maximum Gasteiger partial charge on any atom is 0.148 e. The van der Waals surface area contributed by atoms with E-state index in [2.05, 4.69) is 37.2 Å². The lowest BCUT2D eigenvalue weighted by molar-refractivity contribution is 0.370. The number of hydrogen-bond acceptors (Lipinski definition) is 2. The Balaban J connectivity index is 2.60. The first-order valence-corrected chi connectivity index (χ1v) is 5.17. The zero-order valence-corrected chi connectivity index (χ0v) is 9.29. The highest BCUT2D eigenvalue weighted by Crippen LogP contribution is 2.17. The van der Waals surface area contributed by atoms with E-state index in [1.165, 1.54) is 5.56 Å². The second-order valence-electron chi connectivity index (χ2n) is 3.34. The normalized spacial score (nSPS) is 11.8. The first-order chi connectivity index (χ1) is 7.27. The zero-order valence-electron chi connectivity index (χ0n) is 9.29. The maximum absolute atomic E-state index is 5.29. The van der Waals surface area contributed by atoms with Gasteiger partial charge in [-0.3, -0.25) is 0 Å². The molecular formula is C13H17NO. The van der Waals surface area contributed by atoms with Crippen LogP contribution in [0.3, 0.4) is 0 Å². The third-order valence-corrected chi connectivity index (χ3v) is 2.21. The fourth-order valence-corrected chi connectivity index (χ4v) is 1.40. The van der Waals surface area contributed by atoms with Gasteiger partial charge in [0.25, 0.3) is 0 Å². The topological polar surface area (TPSA) is 21.3 Å². The molecule has 2 heteroatoms. The Morgan fingerprint density at radius 3 is 2.60 bits per heavy atom. The molecular weight excluding hydrogens is 186 g/mol. The average molecular weight is 203 g/mol. The number of ether oxygens (including phenoxy) is 1. The van der Waals surface area contributed by atoms with Crippen molar-refractivity contribution in [3.8, 4) is 18.1 Å². The van der Waals surface area contributed by atoms with Crippen LogP contribution >= 0.6 is 0 Å². The Morgan fingerprint density at radius 1 is 1.40 bits per heavy atom. The molecule has 0 fully saturated rings. The van der Waals surface area contributed by atoms with Crippen molar-refractivity contribution in [3.05, 3.63) is 29.8 Å². The minimum Gasteiger partial charge on any atom is -0.481 e. The lowest BCUT2D eigenvalue weighted by Gasteiger charge is -2.13. The van der Waals surface area contributed by atoms with E-state index in [9.17, 15) is 0 Å². The Bertz CT molecular complexity index is 323. The van der Waals surface area contributed by atoms with Gasteiger partial charge in [-0.1, -0.05) is 25.0 Å². The van der Waals surface area contributed by atoms with Crippen molar-refractivity contribution in [2.75, 3.05) is 13.2 Å². The molecule has 0 amide bonds. The molecule has 1 atom stereocenters. The Kier molecular flexibility index (Phi) is 4.73. The summed E-state index contributed by atoms with van der Waals surface area (Å²) in [6.07, 6.45) is 5.11. The largest absolute Gasteiger partial charge is 0.481 e. The molecule has 1 rings (SSSR count). The molecule has 1 N–H and O–H groups in total. The number of terminal acetylenes is 1. The number of benzene rings is 1. The number of hydrogen-bond donors (Lipinski definition) is 1. The van der Waals surface area contributed by atoms with Crippen LogP contribution in [0.5, 0.6) is 5.75 Å². The van der Waals surface area contributed by atoms with Gasteiger partial charge in [0.05, 0.1) is 0 Å². The molecule has 0 saturated heterocycles. The molecule has 0 radical (unpaired) electrons. The molecule has 0 aliphatic rings. The van der Waals surface area contributed by atoms with E-state index in [-0.39, 0.29) is 0 Å². The predicted molar refractivity (Wildman–Crippen MR) is 62.9 cm³/mol. The van der Waals surface area contributed by atoms with Gasteiger partial charge in [-0.25, -0.2) is 0 Å². The summed E-state index contributed by atoms with van der Waals surface area (Å²) in [4.78, 5) is 0.